The van der Waals surface area contributed by atoms with Crippen LogP contribution in [0.4, 0.5) is 5.69 Å². The number of hydrogen-bond donors (Lipinski definition) is 0. The van der Waals surface area contributed by atoms with Crippen molar-refractivity contribution >= 4 is 24.2 Å². The number of fused-ring (bicyclic) bond motifs is 1. The normalized spacial score (nSPS) is 16.6. The average Bonchev–Trinajstić information content (AvgIpc) is 2.89. The molecule has 2 heterocycles. The monoisotopic (exact) mass is 449 g/mol. The topological polar surface area (TPSA) is 122 Å². The molecule has 1 saturated heterocycles. The number of ether oxygens (including phenoxy) is 2. The summed E-state index contributed by atoms with van der Waals surface area (Å²) in [6.45, 7) is 1.23. The number of aromatic nitrogens is 1. The van der Waals surface area contributed by atoms with Gasteiger partial charge in [0.2, 0.25) is 0 Å². The molecule has 30 heavy (non-hydrogen) atoms. The Hall–Kier alpha value is -0.330. The molecule has 1 aliphatic heterocycles. The van der Waals surface area contributed by atoms with Crippen molar-refractivity contribution in [3.8, 4) is 17.6 Å². The first-order valence-electron chi connectivity index (χ1n) is 9.07. The largest absolute Gasteiger partial charge is 1.00 e. The number of rotatable bonds is 5. The summed E-state index contributed by atoms with van der Waals surface area (Å²) in [7, 11) is -1.43. The Balaban J connectivity index is 0.00000225. The summed E-state index contributed by atoms with van der Waals surface area (Å²) in [6.07, 6.45) is 3.22. The molecule has 1 unspecified atom stereocenters. The summed E-state index contributed by atoms with van der Waals surface area (Å²) in [6, 6.07) is 5.78. The smallest absolute Gasteiger partial charge is 0.811 e. The molecule has 1 aliphatic rings. The number of benzene rings is 1. The summed E-state index contributed by atoms with van der Waals surface area (Å²) in [5.74, 6) is 0.939. The number of pyridine rings is 1. The van der Waals surface area contributed by atoms with E-state index in [4.69, 9.17) is 9.47 Å². The second kappa shape index (κ2) is 12.1. The number of nitrogens with zero attached hydrogens (tertiary/aromatic N) is 3. The second-order valence-electron chi connectivity index (χ2n) is 6.93. The van der Waals surface area contributed by atoms with Crippen LogP contribution in [0.2, 0.25) is 0 Å². The van der Waals surface area contributed by atoms with E-state index >= 15 is 0 Å². The molecule has 0 amide bonds. The zero-order chi connectivity index (χ0) is 20.3. The fraction of sp³-hybridized carbons (Fsp3) is 0.474. The van der Waals surface area contributed by atoms with Crippen molar-refractivity contribution in [2.45, 2.75) is 19.3 Å². The van der Waals surface area contributed by atoms with Crippen molar-refractivity contribution in [2.75, 3.05) is 38.4 Å². The predicted octanol–water partition coefficient (Wildman–Crippen LogP) is -4.35. The molecule has 1 fully saturated rings. The standard InChI is InChI=1S/C19H24N3O5P.2Na/c1-26-17-8-15-16(9-18(17)27-2)21-11-14(10-20)19(15)22-6-3-4-13(5-7-22)12-28(23,24)25;;/h8-9,11,13H,3-7,12H2,1-2H3,(H2,23,24,25);;/q;2*+1/p-2. The van der Waals surface area contributed by atoms with Crippen LogP contribution < -0.4 is 83.3 Å². The first-order chi connectivity index (χ1) is 13.4. The SMILES string of the molecule is COc1cc2ncc(C#N)c(N3CCCC(CP(=O)([O-])[O-])CC3)c2cc1OC.[Na+].[Na+]. The van der Waals surface area contributed by atoms with E-state index in [1.54, 1.807) is 20.3 Å². The number of hydrogen-bond acceptors (Lipinski definition) is 8. The van der Waals surface area contributed by atoms with E-state index in [0.717, 1.165) is 17.5 Å². The molecule has 0 saturated carbocycles. The second-order valence-corrected chi connectivity index (χ2v) is 8.52. The maximum atomic E-state index is 11.2. The van der Waals surface area contributed by atoms with Gasteiger partial charge in [-0.3, -0.25) is 4.98 Å². The van der Waals surface area contributed by atoms with Crippen molar-refractivity contribution in [1.82, 2.24) is 4.98 Å². The molecule has 1 aromatic heterocycles. The van der Waals surface area contributed by atoms with Gasteiger partial charge in [0.15, 0.2) is 11.5 Å². The molecule has 1 aromatic carbocycles. The summed E-state index contributed by atoms with van der Waals surface area (Å²) in [5.41, 5.74) is 1.87. The van der Waals surface area contributed by atoms with Crippen molar-refractivity contribution in [1.29, 1.82) is 5.26 Å². The molecule has 2 aromatic rings. The Labute approximate surface area is 220 Å². The van der Waals surface area contributed by atoms with Crippen LogP contribution in [0.3, 0.4) is 0 Å². The predicted molar refractivity (Wildman–Crippen MR) is 102 cm³/mol. The van der Waals surface area contributed by atoms with Crippen LogP contribution >= 0.6 is 7.60 Å². The molecule has 0 aliphatic carbocycles. The summed E-state index contributed by atoms with van der Waals surface area (Å²) in [4.78, 5) is 28.8. The number of methoxy groups -OCH3 is 2. The first-order valence-corrected chi connectivity index (χ1v) is 10.8. The molecule has 0 bridgehead atoms. The van der Waals surface area contributed by atoms with Crippen LogP contribution in [0.15, 0.2) is 18.3 Å². The maximum absolute atomic E-state index is 11.2. The van der Waals surface area contributed by atoms with E-state index in [9.17, 15) is 19.6 Å². The van der Waals surface area contributed by atoms with Crippen molar-refractivity contribution in [2.24, 2.45) is 5.92 Å². The zero-order valence-electron chi connectivity index (χ0n) is 17.9. The number of nitriles is 1. The van der Waals surface area contributed by atoms with Crippen LogP contribution in [0.5, 0.6) is 11.5 Å². The van der Waals surface area contributed by atoms with Gasteiger partial charge in [-0.25, -0.2) is 0 Å². The van der Waals surface area contributed by atoms with Crippen molar-refractivity contribution in [3.63, 3.8) is 0 Å². The van der Waals surface area contributed by atoms with Crippen LogP contribution in [-0.4, -0.2) is 38.5 Å². The zero-order valence-corrected chi connectivity index (χ0v) is 22.8. The van der Waals surface area contributed by atoms with Gasteiger partial charge in [-0.15, -0.1) is 0 Å². The Kier molecular flexibility index (Phi) is 11.1. The molecule has 150 valence electrons. The molecule has 0 N–H and O–H groups in total. The van der Waals surface area contributed by atoms with Gasteiger partial charge in [0, 0.05) is 30.7 Å². The average molecular weight is 449 g/mol. The van der Waals surface area contributed by atoms with E-state index in [0.29, 0.717) is 48.5 Å². The molecule has 3 rings (SSSR count). The van der Waals surface area contributed by atoms with Gasteiger partial charge in [-0.1, -0.05) is 7.60 Å². The summed E-state index contributed by atoms with van der Waals surface area (Å²) >= 11 is 0. The van der Waals surface area contributed by atoms with E-state index < -0.39 is 7.60 Å². The van der Waals surface area contributed by atoms with Gasteiger partial charge in [0.1, 0.15) is 6.07 Å². The Bertz CT molecular complexity index is 963. The number of anilines is 1. The maximum Gasteiger partial charge on any atom is 1.00 e. The first kappa shape index (κ1) is 27.7. The third-order valence-corrected chi connectivity index (χ3v) is 6.07. The van der Waals surface area contributed by atoms with Gasteiger partial charge in [0.05, 0.1) is 31.0 Å². The third-order valence-electron chi connectivity index (χ3n) is 5.11. The Morgan fingerprint density at radius 1 is 1.20 bits per heavy atom. The van der Waals surface area contributed by atoms with E-state index in [1.165, 1.54) is 6.20 Å². The molecule has 11 heteroatoms. The quantitative estimate of drug-likeness (QED) is 0.332. The minimum absolute atomic E-state index is 0. The molecular weight excluding hydrogens is 427 g/mol. The molecule has 1 atom stereocenters. The van der Waals surface area contributed by atoms with Crippen LogP contribution in [0.1, 0.15) is 24.8 Å². The van der Waals surface area contributed by atoms with Crippen LogP contribution in [0, 0.1) is 17.2 Å². The summed E-state index contributed by atoms with van der Waals surface area (Å²) in [5, 5.41) is 10.4. The van der Waals surface area contributed by atoms with Gasteiger partial charge in [0.25, 0.3) is 0 Å². The third kappa shape index (κ3) is 6.59. The molecule has 0 radical (unpaired) electrons. The van der Waals surface area contributed by atoms with Crippen molar-refractivity contribution < 1.29 is 82.9 Å². The molecule has 8 nitrogen and oxygen atoms in total. The van der Waals surface area contributed by atoms with Gasteiger partial charge >= 0.3 is 59.1 Å². The minimum atomic E-state index is -4.53. The van der Waals surface area contributed by atoms with Crippen LogP contribution in [-0.2, 0) is 4.57 Å². The molecular formula is C19H22N3Na2O5P. The van der Waals surface area contributed by atoms with E-state index in [-0.39, 0.29) is 71.2 Å². The fourth-order valence-electron chi connectivity index (χ4n) is 3.82. The van der Waals surface area contributed by atoms with Gasteiger partial charge < -0.3 is 28.7 Å². The Morgan fingerprint density at radius 3 is 2.47 bits per heavy atom. The minimum Gasteiger partial charge on any atom is -0.811 e. The van der Waals surface area contributed by atoms with Gasteiger partial charge in [-0.2, -0.15) is 5.26 Å². The van der Waals surface area contributed by atoms with Gasteiger partial charge in [-0.05, 0) is 37.4 Å². The van der Waals surface area contributed by atoms with E-state index in [2.05, 4.69) is 16.0 Å². The van der Waals surface area contributed by atoms with Crippen LogP contribution in [0.25, 0.3) is 10.9 Å². The van der Waals surface area contributed by atoms with E-state index in [1.807, 2.05) is 6.07 Å². The summed E-state index contributed by atoms with van der Waals surface area (Å²) < 4.78 is 21.9. The Morgan fingerprint density at radius 2 is 1.87 bits per heavy atom. The molecule has 0 spiro atoms. The fourth-order valence-corrected chi connectivity index (χ4v) is 4.81. The van der Waals surface area contributed by atoms with Crippen molar-refractivity contribution in [3.05, 3.63) is 23.9 Å².